The lowest BCUT2D eigenvalue weighted by Gasteiger charge is -1.92. The van der Waals surface area contributed by atoms with E-state index in [2.05, 4.69) is 6.58 Å². The van der Waals surface area contributed by atoms with Gasteiger partial charge in [-0.1, -0.05) is 18.7 Å². The minimum absolute atomic E-state index is 0.109. The Morgan fingerprint density at radius 2 is 2.27 bits per heavy atom. The quantitative estimate of drug-likeness (QED) is 0.446. The molecule has 0 radical (unpaired) electrons. The smallest absolute Gasteiger partial charge is 0.186 e. The molecule has 0 aromatic carbocycles. The highest BCUT2D eigenvalue weighted by molar-refractivity contribution is 6.05. The van der Waals surface area contributed by atoms with Gasteiger partial charge >= 0.3 is 0 Å². The Morgan fingerprint density at radius 1 is 1.64 bits per heavy atom. The van der Waals surface area contributed by atoms with Crippen molar-refractivity contribution < 1.29 is 9.90 Å². The van der Waals surface area contributed by atoms with Crippen molar-refractivity contribution in [2.75, 3.05) is 6.61 Å². The average Bonchev–Trinajstić information content (AvgIpc) is 2.05. The predicted molar refractivity (Wildman–Crippen MR) is 43.7 cm³/mol. The van der Waals surface area contributed by atoms with E-state index < -0.39 is 0 Å². The van der Waals surface area contributed by atoms with E-state index in [1.807, 2.05) is 0 Å². The van der Waals surface area contributed by atoms with Crippen molar-refractivity contribution in [3.8, 4) is 0 Å². The van der Waals surface area contributed by atoms with Crippen LogP contribution in [0.4, 0.5) is 0 Å². The number of aliphatic hydroxyl groups excluding tert-OH is 1. The molecule has 0 aromatic rings. The van der Waals surface area contributed by atoms with Crippen molar-refractivity contribution in [1.82, 2.24) is 0 Å². The van der Waals surface area contributed by atoms with E-state index in [0.29, 0.717) is 5.57 Å². The number of rotatable bonds is 4. The Bertz CT molecular complexity index is 204. The van der Waals surface area contributed by atoms with Crippen LogP contribution in [0, 0.1) is 0 Å². The highest BCUT2D eigenvalue weighted by Gasteiger charge is 1.98. The Morgan fingerprint density at radius 3 is 2.64 bits per heavy atom. The van der Waals surface area contributed by atoms with Crippen LogP contribution < -0.4 is 5.73 Å². The lowest BCUT2D eigenvalue weighted by Crippen LogP contribution is -1.98. The summed E-state index contributed by atoms with van der Waals surface area (Å²) in [7, 11) is 0. The average molecular weight is 153 g/mol. The van der Waals surface area contributed by atoms with E-state index in [4.69, 9.17) is 10.8 Å². The van der Waals surface area contributed by atoms with Gasteiger partial charge in [-0.25, -0.2) is 0 Å². The molecule has 60 valence electrons. The zero-order valence-corrected chi connectivity index (χ0v) is 6.16. The molecule has 0 aliphatic carbocycles. The van der Waals surface area contributed by atoms with Crippen LogP contribution in [0.3, 0.4) is 0 Å². The summed E-state index contributed by atoms with van der Waals surface area (Å²) in [5.74, 6) is -0.253. The standard InChI is InChI=1S/C8H11NO2/c1-2-8(11)7(6-9)4-3-5-10/h2-4,6,10H,1,5,9H2/b4-3-,7-6?. The topological polar surface area (TPSA) is 63.3 Å². The van der Waals surface area contributed by atoms with Crippen molar-refractivity contribution in [3.63, 3.8) is 0 Å². The molecular weight excluding hydrogens is 142 g/mol. The molecule has 0 spiro atoms. The molecule has 0 aliphatic rings. The summed E-state index contributed by atoms with van der Waals surface area (Å²) in [6.45, 7) is 3.19. The van der Waals surface area contributed by atoms with Gasteiger partial charge < -0.3 is 10.8 Å². The number of aliphatic hydroxyl groups is 1. The zero-order chi connectivity index (χ0) is 8.69. The van der Waals surface area contributed by atoms with Crippen LogP contribution in [0.5, 0.6) is 0 Å². The number of hydrogen-bond acceptors (Lipinski definition) is 3. The van der Waals surface area contributed by atoms with Crippen LogP contribution in [0.1, 0.15) is 0 Å². The van der Waals surface area contributed by atoms with Gasteiger partial charge in [-0.15, -0.1) is 0 Å². The molecule has 3 N–H and O–H groups in total. The fourth-order valence-corrected chi connectivity index (χ4v) is 0.517. The van der Waals surface area contributed by atoms with Gasteiger partial charge in [0.05, 0.1) is 6.61 Å². The van der Waals surface area contributed by atoms with Gasteiger partial charge in [0, 0.05) is 11.8 Å². The molecule has 0 rings (SSSR count). The second kappa shape index (κ2) is 5.44. The molecule has 0 amide bonds. The van der Waals surface area contributed by atoms with E-state index in [1.54, 1.807) is 0 Å². The Kier molecular flexibility index (Phi) is 4.77. The third-order valence-electron chi connectivity index (χ3n) is 1.05. The number of ketones is 1. The van der Waals surface area contributed by atoms with Gasteiger partial charge in [0.25, 0.3) is 0 Å². The molecule has 0 aliphatic heterocycles. The van der Waals surface area contributed by atoms with E-state index in [1.165, 1.54) is 24.4 Å². The van der Waals surface area contributed by atoms with Crippen LogP contribution >= 0.6 is 0 Å². The summed E-state index contributed by atoms with van der Waals surface area (Å²) >= 11 is 0. The minimum Gasteiger partial charge on any atom is -0.404 e. The van der Waals surface area contributed by atoms with Crippen LogP contribution in [-0.4, -0.2) is 17.5 Å². The molecule has 3 nitrogen and oxygen atoms in total. The predicted octanol–water partition coefficient (Wildman–Crippen LogP) is 0.133. The normalized spacial score (nSPS) is 11.9. The molecule has 0 saturated carbocycles. The van der Waals surface area contributed by atoms with Crippen molar-refractivity contribution in [2.24, 2.45) is 5.73 Å². The van der Waals surface area contributed by atoms with Crippen molar-refractivity contribution in [3.05, 3.63) is 36.6 Å². The molecule has 3 heteroatoms. The molecule has 0 aromatic heterocycles. The van der Waals surface area contributed by atoms with Gasteiger partial charge in [0.2, 0.25) is 0 Å². The lowest BCUT2D eigenvalue weighted by molar-refractivity contribution is -0.111. The third kappa shape index (κ3) is 3.37. The van der Waals surface area contributed by atoms with E-state index in [9.17, 15) is 4.79 Å². The molecule has 11 heavy (non-hydrogen) atoms. The molecular formula is C8H11NO2. The maximum Gasteiger partial charge on any atom is 0.186 e. The van der Waals surface area contributed by atoms with Crippen LogP contribution in [0.2, 0.25) is 0 Å². The SMILES string of the molecule is C=CC(=O)C(=CN)/C=C\CO. The molecule has 0 fully saturated rings. The number of allylic oxidation sites excluding steroid dienone is 3. The van der Waals surface area contributed by atoms with Gasteiger partial charge in [-0.2, -0.15) is 0 Å². The van der Waals surface area contributed by atoms with Gasteiger partial charge in [-0.05, 0) is 6.08 Å². The van der Waals surface area contributed by atoms with E-state index in [-0.39, 0.29) is 12.4 Å². The number of carbonyl (C=O) groups is 1. The van der Waals surface area contributed by atoms with E-state index in [0.717, 1.165) is 0 Å². The van der Waals surface area contributed by atoms with Crippen molar-refractivity contribution in [2.45, 2.75) is 0 Å². The summed E-state index contributed by atoms with van der Waals surface area (Å²) < 4.78 is 0. The third-order valence-corrected chi connectivity index (χ3v) is 1.05. The van der Waals surface area contributed by atoms with Crippen LogP contribution in [0.15, 0.2) is 36.6 Å². The van der Waals surface area contributed by atoms with E-state index >= 15 is 0 Å². The number of carbonyl (C=O) groups excluding carboxylic acids is 1. The molecule has 0 heterocycles. The lowest BCUT2D eigenvalue weighted by atomic mass is 10.1. The summed E-state index contributed by atoms with van der Waals surface area (Å²) in [6, 6.07) is 0. The molecule has 0 bridgehead atoms. The van der Waals surface area contributed by atoms with Crippen molar-refractivity contribution >= 4 is 5.78 Å². The number of hydrogen-bond donors (Lipinski definition) is 2. The van der Waals surface area contributed by atoms with Crippen molar-refractivity contribution in [1.29, 1.82) is 0 Å². The summed E-state index contributed by atoms with van der Waals surface area (Å²) in [5.41, 5.74) is 5.45. The fraction of sp³-hybridized carbons (Fsp3) is 0.125. The first kappa shape index (κ1) is 9.65. The maximum absolute atomic E-state index is 10.8. The van der Waals surface area contributed by atoms with Gasteiger partial charge in [0.15, 0.2) is 5.78 Å². The van der Waals surface area contributed by atoms with Gasteiger partial charge in [0.1, 0.15) is 0 Å². The van der Waals surface area contributed by atoms with Gasteiger partial charge in [-0.3, -0.25) is 4.79 Å². The van der Waals surface area contributed by atoms with Crippen LogP contribution in [-0.2, 0) is 4.79 Å². The second-order valence-electron chi connectivity index (χ2n) is 1.78. The largest absolute Gasteiger partial charge is 0.404 e. The zero-order valence-electron chi connectivity index (χ0n) is 6.16. The highest BCUT2D eigenvalue weighted by Crippen LogP contribution is 1.96. The summed E-state index contributed by atoms with van der Waals surface area (Å²) in [4.78, 5) is 10.8. The minimum atomic E-state index is -0.253. The molecule has 0 atom stereocenters. The van der Waals surface area contributed by atoms with Crippen LogP contribution in [0.25, 0.3) is 0 Å². The molecule has 0 unspecified atom stereocenters. The Labute approximate surface area is 65.5 Å². The second-order valence-corrected chi connectivity index (χ2v) is 1.78. The highest BCUT2D eigenvalue weighted by atomic mass is 16.2. The molecule has 0 saturated heterocycles. The summed E-state index contributed by atoms with van der Waals surface area (Å²) in [5, 5.41) is 8.37. The first-order valence-corrected chi connectivity index (χ1v) is 3.12. The Hall–Kier alpha value is -1.35. The monoisotopic (exact) mass is 153 g/mol. The first-order valence-electron chi connectivity index (χ1n) is 3.12. The maximum atomic E-state index is 10.8. The fourth-order valence-electron chi connectivity index (χ4n) is 0.517. The number of nitrogens with two attached hydrogens (primary N) is 1. The first-order chi connectivity index (χ1) is 5.26. The Balaban J connectivity index is 4.31. The summed E-state index contributed by atoms with van der Waals surface area (Å²) in [6.07, 6.45) is 5.22.